The van der Waals surface area contributed by atoms with Crippen LogP contribution in [0.3, 0.4) is 0 Å². The predicted molar refractivity (Wildman–Crippen MR) is 265 cm³/mol. The molecule has 0 spiro atoms. The summed E-state index contributed by atoms with van der Waals surface area (Å²) < 4.78 is 143. The summed E-state index contributed by atoms with van der Waals surface area (Å²) >= 11 is 0. The standard InChI is InChI=1S/C23H32F3O8PSi.C22H29F3O6Si.3CH4/c1-13-20(34-36(6,7)22(2,3)4)18(12-30-35(5,28)29)33-21(13)31-14-8-9-15-16(23(24,25)26)11-19(27)32-17(15)10-14;1-12-19(31-32(5,6)21(2,3)4)17(11-26)30-20(12)28-13-7-8-14-15(22(23,24)25)10-18(27)29-16(14)9-13;;;/h8-11,13,18,20-21H,12H2,1-7H3,(H,28,29);7-10,12,17,19-20,26H,11H2,1-6H3;3*1H4/t13?,18-,20+,21+;12?,17-,19+,20+;;;/m11.../s1. The summed E-state index contributed by atoms with van der Waals surface area (Å²) in [5.41, 5.74) is -4.91. The van der Waals surface area contributed by atoms with E-state index in [4.69, 9.17) is 41.2 Å². The molecule has 3 unspecified atom stereocenters. The Morgan fingerprint density at radius 3 is 1.31 bits per heavy atom. The normalized spacial score (nSPS) is 24.0. The van der Waals surface area contributed by atoms with Crippen LogP contribution in [-0.4, -0.2) is 83.5 Å². The maximum atomic E-state index is 13.3. The van der Waals surface area contributed by atoms with Gasteiger partial charge in [-0.05, 0) is 60.5 Å². The van der Waals surface area contributed by atoms with Crippen LogP contribution < -0.4 is 20.7 Å². The molecule has 23 heteroatoms. The molecular weight excluding hydrogens is 1000 g/mol. The van der Waals surface area contributed by atoms with Gasteiger partial charge < -0.3 is 51.2 Å². The molecule has 0 amide bonds. The average molecular weight is 1080 g/mol. The van der Waals surface area contributed by atoms with Crippen LogP contribution >= 0.6 is 7.60 Å². The summed E-state index contributed by atoms with van der Waals surface area (Å²) in [5, 5.41) is 9.13. The highest BCUT2D eigenvalue weighted by Crippen LogP contribution is 2.45. The lowest BCUT2D eigenvalue weighted by atomic mass is 10.0. The minimum absolute atomic E-state index is 0. The van der Waals surface area contributed by atoms with Gasteiger partial charge in [0.1, 0.15) is 34.9 Å². The quantitative estimate of drug-likeness (QED) is 0.0591. The zero-order valence-corrected chi connectivity index (χ0v) is 43.1. The van der Waals surface area contributed by atoms with Crippen molar-refractivity contribution in [2.45, 2.75) is 163 Å². The van der Waals surface area contributed by atoms with Gasteiger partial charge in [-0.1, -0.05) is 77.7 Å². The number of rotatable bonds is 12. The van der Waals surface area contributed by atoms with Crippen LogP contribution in [-0.2, 0) is 39.8 Å². The Morgan fingerprint density at radius 1 is 0.634 bits per heavy atom. The van der Waals surface area contributed by atoms with Crippen molar-refractivity contribution >= 4 is 46.2 Å². The molecule has 404 valence electrons. The first kappa shape index (κ1) is 63.5. The molecule has 2 N–H and O–H groups in total. The number of hydrogen-bond acceptors (Lipinski definition) is 13. The van der Waals surface area contributed by atoms with E-state index in [1.165, 1.54) is 36.4 Å². The second-order valence-electron chi connectivity index (χ2n) is 20.3. The van der Waals surface area contributed by atoms with Gasteiger partial charge in [-0.2, -0.15) is 26.3 Å². The molecule has 0 aliphatic carbocycles. The van der Waals surface area contributed by atoms with Crippen molar-refractivity contribution in [2.24, 2.45) is 11.8 Å². The highest BCUT2D eigenvalue weighted by atomic mass is 31.2. The molecule has 2 aliphatic rings. The van der Waals surface area contributed by atoms with Gasteiger partial charge in [-0.25, -0.2) is 9.59 Å². The van der Waals surface area contributed by atoms with Crippen molar-refractivity contribution in [3.8, 4) is 11.5 Å². The Bertz CT molecular complexity index is 2580. The molecule has 4 heterocycles. The molecular formula is C48H73F6O14PSi2. The number of fused-ring (bicyclic) bond motifs is 2. The highest BCUT2D eigenvalue weighted by Gasteiger charge is 2.51. The molecule has 2 saturated heterocycles. The first-order chi connectivity index (χ1) is 30.9. The Hall–Kier alpha value is -3.58. The van der Waals surface area contributed by atoms with E-state index in [1.807, 2.05) is 13.8 Å². The number of hydrogen-bond donors (Lipinski definition) is 2. The molecule has 9 atom stereocenters. The van der Waals surface area contributed by atoms with Crippen molar-refractivity contribution in [2.75, 3.05) is 19.9 Å². The van der Waals surface area contributed by atoms with Gasteiger partial charge in [-0.3, -0.25) is 4.57 Å². The van der Waals surface area contributed by atoms with Gasteiger partial charge in [-0.15, -0.1) is 0 Å². The first-order valence-electron chi connectivity index (χ1n) is 21.8. The van der Waals surface area contributed by atoms with Crippen LogP contribution in [0.5, 0.6) is 11.5 Å². The molecule has 71 heavy (non-hydrogen) atoms. The lowest BCUT2D eigenvalue weighted by molar-refractivity contribution is -0.137. The van der Waals surface area contributed by atoms with Crippen LogP contribution in [0.2, 0.25) is 36.3 Å². The van der Waals surface area contributed by atoms with Gasteiger partial charge in [0, 0.05) is 53.5 Å². The number of aliphatic hydroxyl groups is 1. The third-order valence-corrected chi connectivity index (χ3v) is 22.5. The Kier molecular flexibility index (Phi) is 20.5. The average Bonchev–Trinajstić information content (AvgIpc) is 3.63. The molecule has 4 aromatic rings. The second kappa shape index (κ2) is 22.9. The van der Waals surface area contributed by atoms with Crippen LogP contribution in [0.25, 0.3) is 21.9 Å². The number of halogens is 6. The fourth-order valence-corrected chi connectivity index (χ4v) is 10.3. The number of ether oxygens (including phenoxy) is 4. The van der Waals surface area contributed by atoms with Crippen molar-refractivity contribution in [3.63, 3.8) is 0 Å². The summed E-state index contributed by atoms with van der Waals surface area (Å²) in [7, 11) is -8.24. The highest BCUT2D eigenvalue weighted by molar-refractivity contribution is 7.51. The third kappa shape index (κ3) is 15.3. The van der Waals surface area contributed by atoms with E-state index in [9.17, 15) is 50.5 Å². The molecule has 0 radical (unpaired) electrons. The van der Waals surface area contributed by atoms with Crippen molar-refractivity contribution in [3.05, 3.63) is 80.5 Å². The first-order valence-corrected chi connectivity index (χ1v) is 29.6. The lowest BCUT2D eigenvalue weighted by Gasteiger charge is -2.40. The Balaban J connectivity index is 0.000000470. The van der Waals surface area contributed by atoms with Crippen LogP contribution in [0.1, 0.15) is 88.8 Å². The van der Waals surface area contributed by atoms with E-state index in [0.29, 0.717) is 12.1 Å². The molecule has 14 nitrogen and oxygen atoms in total. The lowest BCUT2D eigenvalue weighted by Crippen LogP contribution is -2.48. The second-order valence-corrected chi connectivity index (χ2v) is 31.7. The molecule has 0 saturated carbocycles. The Labute approximate surface area is 414 Å². The Morgan fingerprint density at radius 2 is 0.986 bits per heavy atom. The van der Waals surface area contributed by atoms with Crippen LogP contribution in [0.15, 0.2) is 67.0 Å². The molecule has 6 rings (SSSR count). The van der Waals surface area contributed by atoms with Gasteiger partial charge in [0.15, 0.2) is 16.6 Å². The number of benzene rings is 2. The van der Waals surface area contributed by atoms with E-state index in [1.54, 1.807) is 0 Å². The largest absolute Gasteiger partial charge is 0.464 e. The maximum Gasteiger partial charge on any atom is 0.417 e. The van der Waals surface area contributed by atoms with E-state index in [0.717, 1.165) is 6.66 Å². The third-order valence-electron chi connectivity index (χ3n) is 12.9. The fraction of sp³-hybridized carbons (Fsp3) is 0.625. The van der Waals surface area contributed by atoms with E-state index < -0.39 is 96.0 Å². The topological polar surface area (TPSA) is 183 Å². The van der Waals surface area contributed by atoms with Gasteiger partial charge in [0.05, 0.1) is 36.5 Å². The number of alkyl halides is 6. The minimum atomic E-state index is -4.73. The summed E-state index contributed by atoms with van der Waals surface area (Å²) in [6.07, 6.45) is -13.4. The van der Waals surface area contributed by atoms with E-state index >= 15 is 0 Å². The van der Waals surface area contributed by atoms with E-state index in [2.05, 4.69) is 67.7 Å². The fourth-order valence-electron chi connectivity index (χ4n) is 7.07. The summed E-state index contributed by atoms with van der Waals surface area (Å²) in [6, 6.07) is 8.33. The summed E-state index contributed by atoms with van der Waals surface area (Å²) in [5.74, 6) is -0.323. The molecule has 0 bridgehead atoms. The van der Waals surface area contributed by atoms with Gasteiger partial charge in [0.2, 0.25) is 12.6 Å². The molecule has 2 aromatic heterocycles. The molecule has 2 aromatic carbocycles. The maximum absolute atomic E-state index is 13.3. The summed E-state index contributed by atoms with van der Waals surface area (Å²) in [6.45, 7) is 25.2. The summed E-state index contributed by atoms with van der Waals surface area (Å²) in [4.78, 5) is 32.9. The predicted octanol–water partition coefficient (Wildman–Crippen LogP) is 12.6. The monoisotopic (exact) mass is 1070 g/mol. The van der Waals surface area contributed by atoms with Gasteiger partial charge in [0.25, 0.3) is 0 Å². The van der Waals surface area contributed by atoms with Crippen LogP contribution in [0.4, 0.5) is 26.3 Å². The zero-order chi connectivity index (χ0) is 51.3. The van der Waals surface area contributed by atoms with Crippen molar-refractivity contribution in [1.29, 1.82) is 0 Å². The minimum Gasteiger partial charge on any atom is -0.464 e. The zero-order valence-electron chi connectivity index (χ0n) is 40.2. The number of aliphatic hydroxyl groups excluding tert-OH is 1. The van der Waals surface area contributed by atoms with Gasteiger partial charge >= 0.3 is 31.2 Å². The van der Waals surface area contributed by atoms with Crippen LogP contribution in [0, 0.1) is 11.8 Å². The van der Waals surface area contributed by atoms with Crippen molar-refractivity contribution < 1.29 is 82.1 Å². The smallest absolute Gasteiger partial charge is 0.417 e. The molecule has 2 aliphatic heterocycles. The van der Waals surface area contributed by atoms with E-state index in [-0.39, 0.29) is 90.8 Å². The van der Waals surface area contributed by atoms with Crippen molar-refractivity contribution in [1.82, 2.24) is 0 Å². The SMILES string of the molecule is C.C.C.CC1[C@@H](Oc2ccc3c(C(F)(F)F)cc(=O)oc3c2)O[C@H](CO)[C@H]1O[Si](C)(C)C(C)(C)C.CC1[C@@H](Oc2ccc3c(C(F)(F)F)cc(=O)oc3c2)O[C@H](COP(C)(=O)O)[C@H]1O[Si](C)(C)C(C)(C)C. The molecule has 2 fully saturated rings.